The summed E-state index contributed by atoms with van der Waals surface area (Å²) in [6.45, 7) is 3.75. The fourth-order valence-corrected chi connectivity index (χ4v) is 4.88. The van der Waals surface area contributed by atoms with Gasteiger partial charge in [-0.05, 0) is 68.7 Å². The number of carbonyl (C=O) groups excluding carboxylic acids is 1. The Balaban J connectivity index is 1.65. The van der Waals surface area contributed by atoms with Crippen molar-refractivity contribution >= 4 is 21.6 Å². The molecule has 0 saturated heterocycles. The highest BCUT2D eigenvalue weighted by Gasteiger charge is 2.28. The molecule has 0 aliphatic heterocycles. The lowest BCUT2D eigenvalue weighted by atomic mass is 10.1. The van der Waals surface area contributed by atoms with Crippen LogP contribution < -0.4 is 14.4 Å². The summed E-state index contributed by atoms with van der Waals surface area (Å²) in [6.07, 6.45) is 1.45. The molecule has 0 unspecified atom stereocenters. The number of nitrogens with zero attached hydrogens (tertiary/aromatic N) is 1. The fourth-order valence-electron chi connectivity index (χ4n) is 3.43. The predicted octanol–water partition coefficient (Wildman–Crippen LogP) is 4.56. The Hall–Kier alpha value is -3.39. The highest BCUT2D eigenvalue weighted by atomic mass is 32.2. The smallest absolute Gasteiger partial charge is 0.264 e. The maximum Gasteiger partial charge on any atom is 0.264 e. The van der Waals surface area contributed by atoms with Gasteiger partial charge < -0.3 is 10.1 Å². The van der Waals surface area contributed by atoms with Gasteiger partial charge in [0.2, 0.25) is 5.91 Å². The molecule has 3 aromatic rings. The average Bonchev–Trinajstić information content (AvgIpc) is 2.81. The summed E-state index contributed by atoms with van der Waals surface area (Å²) in [5, 5.41) is 2.74. The minimum Gasteiger partial charge on any atom is -0.491 e. The molecule has 1 N–H and O–H groups in total. The van der Waals surface area contributed by atoms with Gasteiger partial charge in [0.05, 0.1) is 16.7 Å². The molecular formula is C26H29FN2O4S. The Bertz CT molecular complexity index is 1200. The molecule has 0 aromatic heterocycles. The minimum absolute atomic E-state index is 0.0189. The quantitative estimate of drug-likeness (QED) is 0.405. The van der Waals surface area contributed by atoms with Crippen molar-refractivity contribution < 1.29 is 22.3 Å². The molecule has 6 nitrogen and oxygen atoms in total. The molecule has 0 bridgehead atoms. The number of hydrogen-bond acceptors (Lipinski definition) is 4. The van der Waals surface area contributed by atoms with Gasteiger partial charge in [0, 0.05) is 6.54 Å². The van der Waals surface area contributed by atoms with Gasteiger partial charge in [-0.1, -0.05) is 42.5 Å². The van der Waals surface area contributed by atoms with Gasteiger partial charge in [0.1, 0.15) is 18.1 Å². The lowest BCUT2D eigenvalue weighted by Crippen LogP contribution is -2.41. The van der Waals surface area contributed by atoms with Crippen LogP contribution in [-0.4, -0.2) is 33.5 Å². The minimum atomic E-state index is -4.14. The first-order valence-electron chi connectivity index (χ1n) is 11.1. The molecule has 34 heavy (non-hydrogen) atoms. The number of aryl methyl sites for hydroxylation is 1. The summed E-state index contributed by atoms with van der Waals surface area (Å²) in [5.41, 5.74) is 0.899. The molecule has 0 heterocycles. The Morgan fingerprint density at radius 3 is 2.41 bits per heavy atom. The zero-order valence-corrected chi connectivity index (χ0v) is 20.1. The van der Waals surface area contributed by atoms with E-state index in [4.69, 9.17) is 4.74 Å². The normalized spacial score (nSPS) is 11.3. The second-order valence-electron chi connectivity index (χ2n) is 8.04. The van der Waals surface area contributed by atoms with Crippen LogP contribution >= 0.6 is 0 Å². The number of rotatable bonds is 11. The molecule has 8 heteroatoms. The van der Waals surface area contributed by atoms with Crippen molar-refractivity contribution in [2.24, 2.45) is 0 Å². The molecule has 0 fully saturated rings. The first kappa shape index (κ1) is 25.2. The number of hydrogen-bond donors (Lipinski definition) is 1. The van der Waals surface area contributed by atoms with Crippen LogP contribution in [0.5, 0.6) is 5.75 Å². The van der Waals surface area contributed by atoms with Crippen molar-refractivity contribution in [2.75, 3.05) is 17.4 Å². The van der Waals surface area contributed by atoms with Gasteiger partial charge in [-0.15, -0.1) is 0 Å². The number of sulfonamides is 1. The SMILES string of the molecule is CC(C)Oc1cccc(CCCNC(=O)CN(c2ccccc2F)S(=O)(=O)c2ccccc2)c1. The number of nitrogens with one attached hydrogen (secondary N) is 1. The van der Waals surface area contributed by atoms with Crippen LogP contribution in [0.4, 0.5) is 10.1 Å². The topological polar surface area (TPSA) is 75.7 Å². The number of ether oxygens (including phenoxy) is 1. The van der Waals surface area contributed by atoms with Crippen molar-refractivity contribution in [2.45, 2.75) is 37.7 Å². The molecule has 0 spiro atoms. The highest BCUT2D eigenvalue weighted by molar-refractivity contribution is 7.92. The number of carbonyl (C=O) groups is 1. The molecule has 3 aromatic carbocycles. The number of halogens is 1. The Morgan fingerprint density at radius 2 is 1.71 bits per heavy atom. The van der Waals surface area contributed by atoms with Crippen LogP contribution in [0.15, 0.2) is 83.8 Å². The first-order valence-corrected chi connectivity index (χ1v) is 12.6. The molecule has 0 aliphatic rings. The largest absolute Gasteiger partial charge is 0.491 e. The van der Waals surface area contributed by atoms with E-state index in [1.165, 1.54) is 30.3 Å². The van der Waals surface area contributed by atoms with Crippen molar-refractivity contribution in [1.29, 1.82) is 0 Å². The molecule has 0 atom stereocenters. The lowest BCUT2D eigenvalue weighted by molar-refractivity contribution is -0.119. The van der Waals surface area contributed by atoms with Crippen molar-refractivity contribution in [3.8, 4) is 5.75 Å². The van der Waals surface area contributed by atoms with Gasteiger partial charge in [0.25, 0.3) is 10.0 Å². The standard InChI is InChI=1S/C26H29FN2O4S/c1-20(2)33-22-12-8-10-21(18-22)11-9-17-28-26(30)19-29(25-16-7-6-15-24(25)27)34(31,32)23-13-4-3-5-14-23/h3-8,10,12-16,18,20H,9,11,17,19H2,1-2H3,(H,28,30). The second kappa shape index (κ2) is 11.7. The van der Waals surface area contributed by atoms with Gasteiger partial charge in [-0.2, -0.15) is 0 Å². The van der Waals surface area contributed by atoms with Crippen LogP contribution in [0, 0.1) is 5.82 Å². The summed E-state index contributed by atoms with van der Waals surface area (Å²) >= 11 is 0. The van der Waals surface area contributed by atoms with E-state index in [0.29, 0.717) is 13.0 Å². The predicted molar refractivity (Wildman–Crippen MR) is 131 cm³/mol. The average molecular weight is 485 g/mol. The monoisotopic (exact) mass is 484 g/mol. The molecule has 0 radical (unpaired) electrons. The number of anilines is 1. The highest BCUT2D eigenvalue weighted by Crippen LogP contribution is 2.26. The molecular weight excluding hydrogens is 455 g/mol. The van der Waals surface area contributed by atoms with Crippen LogP contribution in [0.1, 0.15) is 25.8 Å². The van der Waals surface area contributed by atoms with E-state index < -0.39 is 28.3 Å². The van der Waals surface area contributed by atoms with Crippen LogP contribution in [0.25, 0.3) is 0 Å². The fraction of sp³-hybridized carbons (Fsp3) is 0.269. The van der Waals surface area contributed by atoms with Gasteiger partial charge >= 0.3 is 0 Å². The van der Waals surface area contributed by atoms with Crippen LogP contribution in [0.3, 0.4) is 0 Å². The summed E-state index contributed by atoms with van der Waals surface area (Å²) in [5.74, 6) is -0.443. The van der Waals surface area contributed by atoms with Gasteiger partial charge in [0.15, 0.2) is 0 Å². The van der Waals surface area contributed by atoms with Gasteiger partial charge in [-0.3, -0.25) is 9.10 Å². The molecule has 0 aliphatic carbocycles. The Morgan fingerprint density at radius 1 is 1.00 bits per heavy atom. The van der Waals surface area contributed by atoms with E-state index >= 15 is 0 Å². The summed E-state index contributed by atoms with van der Waals surface area (Å²) in [6, 6.07) is 20.9. The second-order valence-corrected chi connectivity index (χ2v) is 9.91. The molecule has 180 valence electrons. The number of benzene rings is 3. The van der Waals surface area contributed by atoms with E-state index in [2.05, 4.69) is 5.32 Å². The van der Waals surface area contributed by atoms with E-state index in [1.807, 2.05) is 38.1 Å². The van der Waals surface area contributed by atoms with E-state index in [1.54, 1.807) is 18.2 Å². The molecule has 1 amide bonds. The zero-order chi connectivity index (χ0) is 24.6. The van der Waals surface area contributed by atoms with Crippen LogP contribution in [-0.2, 0) is 21.2 Å². The Labute approximate surface area is 200 Å². The third-order valence-electron chi connectivity index (χ3n) is 4.97. The van der Waals surface area contributed by atoms with Crippen molar-refractivity contribution in [3.05, 3.63) is 90.2 Å². The maximum atomic E-state index is 14.5. The third kappa shape index (κ3) is 6.81. The third-order valence-corrected chi connectivity index (χ3v) is 6.75. The van der Waals surface area contributed by atoms with Crippen molar-refractivity contribution in [3.63, 3.8) is 0 Å². The number of para-hydroxylation sites is 1. The van der Waals surface area contributed by atoms with Crippen LogP contribution in [0.2, 0.25) is 0 Å². The number of amides is 1. The molecule has 0 saturated carbocycles. The zero-order valence-electron chi connectivity index (χ0n) is 19.3. The first-order chi connectivity index (χ1) is 16.3. The van der Waals surface area contributed by atoms with E-state index in [9.17, 15) is 17.6 Å². The molecule has 3 rings (SSSR count). The van der Waals surface area contributed by atoms with Crippen molar-refractivity contribution in [1.82, 2.24) is 5.32 Å². The Kier molecular flexibility index (Phi) is 8.65. The summed E-state index contributed by atoms with van der Waals surface area (Å²) in [7, 11) is -4.14. The summed E-state index contributed by atoms with van der Waals surface area (Å²) in [4.78, 5) is 12.6. The van der Waals surface area contributed by atoms with E-state index in [0.717, 1.165) is 28.1 Å². The van der Waals surface area contributed by atoms with Gasteiger partial charge in [-0.25, -0.2) is 12.8 Å². The lowest BCUT2D eigenvalue weighted by Gasteiger charge is -2.24. The van der Waals surface area contributed by atoms with E-state index in [-0.39, 0.29) is 16.7 Å². The maximum absolute atomic E-state index is 14.5. The summed E-state index contributed by atoms with van der Waals surface area (Å²) < 4.78 is 47.4.